The lowest BCUT2D eigenvalue weighted by Gasteiger charge is -2.57. The second-order valence-electron chi connectivity index (χ2n) is 8.65. The van der Waals surface area contributed by atoms with Gasteiger partial charge in [0.1, 0.15) is 11.5 Å². The lowest BCUT2D eigenvalue weighted by molar-refractivity contribution is -0.0369. The van der Waals surface area contributed by atoms with E-state index in [2.05, 4.69) is 33.8 Å². The molecule has 0 heterocycles. The summed E-state index contributed by atoms with van der Waals surface area (Å²) in [6, 6.07) is 4.89. The van der Waals surface area contributed by atoms with Gasteiger partial charge in [0.05, 0.1) is 0 Å². The maximum absolute atomic E-state index is 10.2. The van der Waals surface area contributed by atoms with Crippen LogP contribution in [-0.4, -0.2) is 10.2 Å². The predicted molar refractivity (Wildman–Crippen MR) is 94.6 cm³/mol. The molecule has 2 nitrogen and oxygen atoms in total. The highest BCUT2D eigenvalue weighted by Crippen LogP contribution is 2.60. The van der Waals surface area contributed by atoms with Gasteiger partial charge >= 0.3 is 0 Å². The summed E-state index contributed by atoms with van der Waals surface area (Å²) in [6.07, 6.45) is 8.27. The molecule has 0 amide bonds. The first-order chi connectivity index (χ1) is 10.7. The summed E-state index contributed by atoms with van der Waals surface area (Å²) in [5.74, 6) is 1.67. The van der Waals surface area contributed by atoms with Gasteiger partial charge in [-0.25, -0.2) is 0 Å². The Morgan fingerprint density at radius 2 is 1.87 bits per heavy atom. The summed E-state index contributed by atoms with van der Waals surface area (Å²) >= 11 is 0. The monoisotopic (exact) mass is 314 g/mol. The molecule has 0 aliphatic heterocycles. The van der Waals surface area contributed by atoms with Gasteiger partial charge in [0, 0.05) is 0 Å². The van der Waals surface area contributed by atoms with Crippen molar-refractivity contribution in [3.63, 3.8) is 0 Å². The number of phenolic OH excluding ortho intramolecular Hbond substituents is 2. The molecule has 1 saturated carbocycles. The Morgan fingerprint density at radius 1 is 1.13 bits per heavy atom. The molecule has 2 heteroatoms. The first-order valence-electron chi connectivity index (χ1n) is 8.91. The molecule has 0 bridgehead atoms. The second-order valence-corrected chi connectivity index (χ2v) is 8.65. The largest absolute Gasteiger partial charge is 0.508 e. The normalized spacial score (nSPS) is 33.0. The van der Waals surface area contributed by atoms with Crippen LogP contribution in [0.25, 0.3) is 0 Å². The summed E-state index contributed by atoms with van der Waals surface area (Å²) in [5.41, 5.74) is 2.97. The van der Waals surface area contributed by atoms with E-state index in [-0.39, 0.29) is 11.2 Å². The summed E-state index contributed by atoms with van der Waals surface area (Å²) in [4.78, 5) is 0. The van der Waals surface area contributed by atoms with E-state index in [1.165, 1.54) is 31.3 Å². The van der Waals surface area contributed by atoms with E-state index in [9.17, 15) is 10.2 Å². The van der Waals surface area contributed by atoms with E-state index < -0.39 is 0 Å². The maximum Gasteiger partial charge on any atom is 0.119 e. The quantitative estimate of drug-likeness (QED) is 0.564. The van der Waals surface area contributed by atoms with Crippen LogP contribution in [0.15, 0.2) is 29.8 Å². The van der Waals surface area contributed by atoms with Crippen molar-refractivity contribution in [1.82, 2.24) is 0 Å². The minimum atomic E-state index is 0.237. The lowest BCUT2D eigenvalue weighted by atomic mass is 9.48. The Balaban J connectivity index is 1.98. The molecule has 126 valence electrons. The maximum atomic E-state index is 10.2. The molecule has 3 atom stereocenters. The molecule has 0 unspecified atom stereocenters. The van der Waals surface area contributed by atoms with Gasteiger partial charge in [0.25, 0.3) is 0 Å². The summed E-state index contributed by atoms with van der Waals surface area (Å²) in [6.45, 7) is 9.55. The molecule has 1 aromatic rings. The number of phenols is 2. The lowest BCUT2D eigenvalue weighted by Crippen LogP contribution is -2.49. The highest BCUT2D eigenvalue weighted by molar-refractivity contribution is 5.40. The topological polar surface area (TPSA) is 40.5 Å². The molecule has 2 N–H and O–H groups in total. The third-order valence-electron chi connectivity index (χ3n) is 6.78. The number of benzene rings is 1. The van der Waals surface area contributed by atoms with Gasteiger partial charge in [-0.3, -0.25) is 0 Å². The average molecular weight is 314 g/mol. The molecule has 0 saturated heterocycles. The van der Waals surface area contributed by atoms with Gasteiger partial charge < -0.3 is 10.2 Å². The van der Waals surface area contributed by atoms with Crippen molar-refractivity contribution in [3.8, 4) is 11.5 Å². The second kappa shape index (κ2) is 5.58. The Labute approximate surface area is 140 Å². The molecule has 3 rings (SSSR count). The van der Waals surface area contributed by atoms with Crippen LogP contribution in [0.3, 0.4) is 0 Å². The van der Waals surface area contributed by atoms with Crippen molar-refractivity contribution in [3.05, 3.63) is 35.4 Å². The van der Waals surface area contributed by atoms with Crippen molar-refractivity contribution >= 4 is 0 Å². The fraction of sp³-hybridized carbons (Fsp3) is 0.619. The molecule has 0 radical (unpaired) electrons. The molecule has 1 fully saturated rings. The first kappa shape index (κ1) is 16.4. The van der Waals surface area contributed by atoms with E-state index >= 15 is 0 Å². The number of fused-ring (bicyclic) bond motifs is 1. The molecular formula is C21H30O2. The standard InChI is InChI=1S/C21H30O2/c1-14-6-9-19-20(2,3)10-5-11-21(19,4)17(14)13-15-12-16(22)7-8-18(15)23/h6-8,12,17,19,22-23H,5,9-11,13H2,1-4H3/t17-,19-,21+/m1/s1. The summed E-state index contributed by atoms with van der Waals surface area (Å²) in [5, 5.41) is 20.0. The summed E-state index contributed by atoms with van der Waals surface area (Å²) < 4.78 is 0. The molecule has 23 heavy (non-hydrogen) atoms. The van der Waals surface area contributed by atoms with Gasteiger partial charge in [-0.15, -0.1) is 0 Å². The number of aromatic hydroxyl groups is 2. The molecular weight excluding hydrogens is 284 g/mol. The molecule has 0 aromatic heterocycles. The Kier molecular flexibility index (Phi) is 3.98. The highest BCUT2D eigenvalue weighted by Gasteiger charge is 2.51. The van der Waals surface area contributed by atoms with E-state index in [0.29, 0.717) is 23.0 Å². The molecule has 2 aliphatic rings. The molecule has 1 aromatic carbocycles. The van der Waals surface area contributed by atoms with E-state index in [4.69, 9.17) is 0 Å². The minimum Gasteiger partial charge on any atom is -0.508 e. The van der Waals surface area contributed by atoms with Crippen molar-refractivity contribution < 1.29 is 10.2 Å². The number of hydrogen-bond acceptors (Lipinski definition) is 2. The van der Waals surface area contributed by atoms with Crippen LogP contribution in [-0.2, 0) is 6.42 Å². The number of allylic oxidation sites excluding steroid dienone is 2. The van der Waals surface area contributed by atoms with Crippen LogP contribution in [0.5, 0.6) is 11.5 Å². The van der Waals surface area contributed by atoms with Crippen LogP contribution >= 0.6 is 0 Å². The Hall–Kier alpha value is -1.44. The van der Waals surface area contributed by atoms with Gasteiger partial charge in [-0.2, -0.15) is 0 Å². The van der Waals surface area contributed by atoms with Crippen LogP contribution in [0.1, 0.15) is 58.9 Å². The van der Waals surface area contributed by atoms with Crippen LogP contribution < -0.4 is 0 Å². The van der Waals surface area contributed by atoms with Gasteiger partial charge in [0.15, 0.2) is 0 Å². The highest BCUT2D eigenvalue weighted by atomic mass is 16.3. The molecule has 2 aliphatic carbocycles. The molecule has 0 spiro atoms. The Bertz CT molecular complexity index is 629. The summed E-state index contributed by atoms with van der Waals surface area (Å²) in [7, 11) is 0. The van der Waals surface area contributed by atoms with E-state index in [1.54, 1.807) is 18.2 Å². The number of hydrogen-bond donors (Lipinski definition) is 2. The predicted octanol–water partition coefficient (Wildman–Crippen LogP) is 5.44. The van der Waals surface area contributed by atoms with Gasteiger partial charge in [0.2, 0.25) is 0 Å². The van der Waals surface area contributed by atoms with Crippen molar-refractivity contribution in [1.29, 1.82) is 0 Å². The SMILES string of the molecule is CC1=CC[C@@H]2C(C)(C)CCC[C@@]2(C)[C@@H]1Cc1cc(O)ccc1O. The van der Waals surface area contributed by atoms with Crippen LogP contribution in [0, 0.1) is 22.7 Å². The first-order valence-corrected chi connectivity index (χ1v) is 8.91. The average Bonchev–Trinajstić information content (AvgIpc) is 2.45. The minimum absolute atomic E-state index is 0.237. The van der Waals surface area contributed by atoms with Crippen LogP contribution in [0.2, 0.25) is 0 Å². The third-order valence-corrected chi connectivity index (χ3v) is 6.78. The fourth-order valence-corrected chi connectivity index (χ4v) is 5.49. The van der Waals surface area contributed by atoms with Gasteiger partial charge in [-0.05, 0) is 79.0 Å². The van der Waals surface area contributed by atoms with Gasteiger partial charge in [-0.1, -0.05) is 38.8 Å². The Morgan fingerprint density at radius 3 is 2.61 bits per heavy atom. The zero-order valence-electron chi connectivity index (χ0n) is 14.9. The smallest absolute Gasteiger partial charge is 0.119 e. The third kappa shape index (κ3) is 2.77. The zero-order chi connectivity index (χ0) is 16.8. The van der Waals surface area contributed by atoms with E-state index in [0.717, 1.165) is 12.0 Å². The van der Waals surface area contributed by atoms with Crippen molar-refractivity contribution in [2.24, 2.45) is 22.7 Å². The van der Waals surface area contributed by atoms with Crippen molar-refractivity contribution in [2.45, 2.75) is 59.8 Å². The zero-order valence-corrected chi connectivity index (χ0v) is 14.9. The van der Waals surface area contributed by atoms with Crippen molar-refractivity contribution in [2.75, 3.05) is 0 Å². The fourth-order valence-electron chi connectivity index (χ4n) is 5.49. The number of rotatable bonds is 2. The van der Waals surface area contributed by atoms with Crippen LogP contribution in [0.4, 0.5) is 0 Å². The van der Waals surface area contributed by atoms with E-state index in [1.807, 2.05) is 0 Å².